The number of esters is 2. The first-order valence-electron chi connectivity index (χ1n) is 8.31. The Morgan fingerprint density at radius 3 is 2.58 bits per heavy atom. The highest BCUT2D eigenvalue weighted by atomic mass is 32.2. The minimum Gasteiger partial charge on any atom is -0.463 e. The molecule has 0 saturated carbocycles. The van der Waals surface area contributed by atoms with E-state index in [-0.39, 0.29) is 10.9 Å². The molecule has 2 aliphatic rings. The quantitative estimate of drug-likeness (QED) is 0.635. The van der Waals surface area contributed by atoms with Crippen LogP contribution in [0.15, 0.2) is 41.3 Å². The smallest absolute Gasteiger partial charge is 0.347 e. The van der Waals surface area contributed by atoms with Gasteiger partial charge in [0.15, 0.2) is 4.90 Å². The Hall–Kier alpha value is -2.01. The van der Waals surface area contributed by atoms with Gasteiger partial charge in [-0.25, -0.2) is 9.59 Å². The van der Waals surface area contributed by atoms with Crippen molar-refractivity contribution in [3.63, 3.8) is 0 Å². The van der Waals surface area contributed by atoms with E-state index in [1.807, 2.05) is 18.2 Å². The fraction of sp³-hybridized carbons (Fsp3) is 0.368. The summed E-state index contributed by atoms with van der Waals surface area (Å²) in [5, 5.41) is 2.04. The molecule has 1 atom stereocenters. The van der Waals surface area contributed by atoms with Crippen LogP contribution in [0.1, 0.15) is 29.6 Å². The van der Waals surface area contributed by atoms with Crippen molar-refractivity contribution < 1.29 is 19.1 Å². The van der Waals surface area contributed by atoms with Crippen molar-refractivity contribution in [1.29, 1.82) is 0 Å². The molecule has 24 heavy (non-hydrogen) atoms. The lowest BCUT2D eigenvalue weighted by atomic mass is 10.0. The summed E-state index contributed by atoms with van der Waals surface area (Å²) >= 11 is 0. The number of hydrogen-bond donors (Lipinski definition) is 0. The van der Waals surface area contributed by atoms with Gasteiger partial charge < -0.3 is 9.47 Å². The Balaban J connectivity index is 1.69. The van der Waals surface area contributed by atoms with Crippen LogP contribution in [0.5, 0.6) is 0 Å². The number of fused-ring (bicyclic) bond motifs is 1. The van der Waals surface area contributed by atoms with Crippen LogP contribution in [0.25, 0.3) is 10.8 Å². The number of cyclic esters (lactones) is 1. The number of carbonyl (C=O) groups excluding carboxylic acids is 2. The highest BCUT2D eigenvalue weighted by Crippen LogP contribution is 2.31. The van der Waals surface area contributed by atoms with Crippen molar-refractivity contribution >= 4 is 33.6 Å². The zero-order valence-corrected chi connectivity index (χ0v) is 14.1. The molecule has 2 aliphatic heterocycles. The Morgan fingerprint density at radius 1 is 1.08 bits per heavy atom. The molecule has 4 nitrogen and oxygen atoms in total. The number of carbonyl (C=O) groups is 2. The second-order valence-electron chi connectivity index (χ2n) is 6.12. The third kappa shape index (κ3) is 2.77. The average Bonchev–Trinajstić information content (AvgIpc) is 3.26. The van der Waals surface area contributed by atoms with Gasteiger partial charge in [0.2, 0.25) is 6.10 Å². The van der Waals surface area contributed by atoms with E-state index in [0.717, 1.165) is 10.8 Å². The van der Waals surface area contributed by atoms with Crippen LogP contribution >= 0.6 is 0 Å². The molecule has 0 bridgehead atoms. The molecule has 2 heterocycles. The molecule has 1 unspecified atom stereocenters. The first-order chi connectivity index (χ1) is 11.7. The van der Waals surface area contributed by atoms with Crippen LogP contribution in [0, 0.1) is 0 Å². The van der Waals surface area contributed by atoms with E-state index in [9.17, 15) is 9.59 Å². The van der Waals surface area contributed by atoms with Crippen LogP contribution in [-0.2, 0) is 25.2 Å². The lowest BCUT2D eigenvalue weighted by Crippen LogP contribution is -2.22. The van der Waals surface area contributed by atoms with E-state index in [1.54, 1.807) is 6.07 Å². The van der Waals surface area contributed by atoms with Gasteiger partial charge >= 0.3 is 11.9 Å². The SMILES string of the molecule is O=C(OC1CCOC1=O)c1cccc2c([S+]3CCCC3)cccc12. The standard InChI is InChI=1S/C19H19O4S/c20-18(23-16-9-10-22-19(16)21)15-7-3-6-14-13(15)5-4-8-17(14)24-11-1-2-12-24/h3-8,16H,1-2,9-12H2/q+1. The summed E-state index contributed by atoms with van der Waals surface area (Å²) in [6.07, 6.45) is 2.23. The fourth-order valence-corrected chi connectivity index (χ4v) is 5.87. The first kappa shape index (κ1) is 15.5. The van der Waals surface area contributed by atoms with Gasteiger partial charge in [-0.3, -0.25) is 0 Å². The van der Waals surface area contributed by atoms with Gasteiger partial charge in [0.25, 0.3) is 0 Å². The molecule has 5 heteroatoms. The van der Waals surface area contributed by atoms with E-state index in [0.29, 0.717) is 18.6 Å². The molecule has 0 amide bonds. The van der Waals surface area contributed by atoms with Crippen molar-refractivity contribution in [3.05, 3.63) is 42.0 Å². The molecule has 2 aromatic carbocycles. The predicted octanol–water partition coefficient (Wildman–Crippen LogP) is 3.08. The van der Waals surface area contributed by atoms with Gasteiger partial charge in [-0.05, 0) is 31.0 Å². The Labute approximate surface area is 143 Å². The molecule has 2 fully saturated rings. The predicted molar refractivity (Wildman–Crippen MR) is 93.3 cm³/mol. The summed E-state index contributed by atoms with van der Waals surface area (Å²) < 4.78 is 10.2. The molecule has 2 aromatic rings. The second kappa shape index (κ2) is 6.48. The number of rotatable bonds is 3. The normalized spacial score (nSPS) is 21.2. The highest BCUT2D eigenvalue weighted by Gasteiger charge is 2.32. The van der Waals surface area contributed by atoms with Crippen molar-refractivity contribution in [2.24, 2.45) is 0 Å². The van der Waals surface area contributed by atoms with Gasteiger partial charge in [-0.2, -0.15) is 0 Å². The van der Waals surface area contributed by atoms with Gasteiger partial charge in [-0.1, -0.05) is 18.2 Å². The lowest BCUT2D eigenvalue weighted by molar-refractivity contribution is -0.145. The Morgan fingerprint density at radius 2 is 1.83 bits per heavy atom. The molecule has 124 valence electrons. The third-order valence-electron chi connectivity index (χ3n) is 4.58. The fourth-order valence-electron chi connectivity index (χ4n) is 3.36. The monoisotopic (exact) mass is 343 g/mol. The number of hydrogen-bond acceptors (Lipinski definition) is 4. The summed E-state index contributed by atoms with van der Waals surface area (Å²) in [6.45, 7) is 0.319. The van der Waals surface area contributed by atoms with E-state index in [2.05, 4.69) is 12.1 Å². The van der Waals surface area contributed by atoms with Crippen LogP contribution in [0.3, 0.4) is 0 Å². The molecule has 4 rings (SSSR count). The molecule has 0 N–H and O–H groups in total. The Bertz CT molecular complexity index is 795. The molecule has 0 radical (unpaired) electrons. The largest absolute Gasteiger partial charge is 0.463 e. The van der Waals surface area contributed by atoms with E-state index < -0.39 is 18.0 Å². The number of benzene rings is 2. The Kier molecular flexibility index (Phi) is 4.19. The zero-order valence-electron chi connectivity index (χ0n) is 13.3. The van der Waals surface area contributed by atoms with Crippen LogP contribution in [-0.4, -0.2) is 36.2 Å². The van der Waals surface area contributed by atoms with E-state index in [1.165, 1.54) is 29.2 Å². The van der Waals surface area contributed by atoms with E-state index in [4.69, 9.17) is 9.47 Å². The first-order valence-corrected chi connectivity index (χ1v) is 9.87. The maximum Gasteiger partial charge on any atom is 0.347 e. The zero-order chi connectivity index (χ0) is 16.5. The summed E-state index contributed by atoms with van der Waals surface area (Å²) in [7, 11) is 0.277. The number of ether oxygens (including phenoxy) is 2. The van der Waals surface area contributed by atoms with Crippen LogP contribution in [0.4, 0.5) is 0 Å². The van der Waals surface area contributed by atoms with Crippen molar-refractivity contribution in [2.75, 3.05) is 18.1 Å². The maximum atomic E-state index is 12.6. The minimum atomic E-state index is -0.771. The topological polar surface area (TPSA) is 52.6 Å². The van der Waals surface area contributed by atoms with Crippen molar-refractivity contribution in [3.8, 4) is 0 Å². The van der Waals surface area contributed by atoms with Gasteiger partial charge in [0.1, 0.15) is 11.5 Å². The molecular formula is C19H19O4S+. The summed E-state index contributed by atoms with van der Waals surface area (Å²) in [5.41, 5.74) is 0.525. The summed E-state index contributed by atoms with van der Waals surface area (Å²) in [4.78, 5) is 25.4. The minimum absolute atomic E-state index is 0.277. The van der Waals surface area contributed by atoms with Crippen LogP contribution < -0.4 is 0 Å². The average molecular weight is 343 g/mol. The molecule has 0 spiro atoms. The van der Waals surface area contributed by atoms with Crippen molar-refractivity contribution in [2.45, 2.75) is 30.3 Å². The van der Waals surface area contributed by atoms with Gasteiger partial charge in [-0.15, -0.1) is 0 Å². The molecule has 0 aromatic heterocycles. The van der Waals surface area contributed by atoms with E-state index >= 15 is 0 Å². The van der Waals surface area contributed by atoms with Gasteiger partial charge in [0.05, 0.1) is 12.2 Å². The van der Waals surface area contributed by atoms with Crippen LogP contribution in [0.2, 0.25) is 0 Å². The molecular weight excluding hydrogens is 324 g/mol. The summed E-state index contributed by atoms with van der Waals surface area (Å²) in [6, 6.07) is 11.9. The molecule has 0 aliphatic carbocycles. The second-order valence-corrected chi connectivity index (χ2v) is 8.36. The third-order valence-corrected chi connectivity index (χ3v) is 7.12. The molecule has 2 saturated heterocycles. The lowest BCUT2D eigenvalue weighted by Gasteiger charge is -2.11. The maximum absolute atomic E-state index is 12.6. The highest BCUT2D eigenvalue weighted by molar-refractivity contribution is 7.97. The summed E-state index contributed by atoms with van der Waals surface area (Å²) in [5.74, 6) is 1.58. The van der Waals surface area contributed by atoms with Crippen molar-refractivity contribution in [1.82, 2.24) is 0 Å². The van der Waals surface area contributed by atoms with Gasteiger partial charge in [0, 0.05) is 28.1 Å².